The number of H-pyrrole nitrogens is 1. The number of halogens is 2. The number of nitrogens with one attached hydrogen (secondary N) is 2. The van der Waals surface area contributed by atoms with E-state index in [0.717, 1.165) is 5.56 Å². The van der Waals surface area contributed by atoms with Crippen molar-refractivity contribution < 1.29 is 14.2 Å². The maximum Gasteiger partial charge on any atom is 0.326 e. The van der Waals surface area contributed by atoms with Gasteiger partial charge in [-0.05, 0) is 25.1 Å². The van der Waals surface area contributed by atoms with Crippen LogP contribution >= 0.6 is 11.6 Å². The van der Waals surface area contributed by atoms with Crippen LogP contribution in [0.25, 0.3) is 22.3 Å². The fourth-order valence-electron chi connectivity index (χ4n) is 2.82. The summed E-state index contributed by atoms with van der Waals surface area (Å²) in [6, 6.07) is 12.9. The van der Waals surface area contributed by atoms with Gasteiger partial charge in [0.1, 0.15) is 5.82 Å². The molecule has 1 atom stereocenters. The van der Waals surface area contributed by atoms with Crippen molar-refractivity contribution in [2.24, 2.45) is 0 Å². The molecule has 4 rings (SSSR count). The highest BCUT2D eigenvalue weighted by atomic mass is 35.5. The van der Waals surface area contributed by atoms with Crippen LogP contribution in [0.1, 0.15) is 6.92 Å². The van der Waals surface area contributed by atoms with E-state index < -0.39 is 5.82 Å². The number of aliphatic hydroxyl groups excluding tert-OH is 1. The fraction of sp³-hybridized carbons (Fsp3) is 0.150. The number of aromatic nitrogens is 4. The van der Waals surface area contributed by atoms with E-state index in [2.05, 4.69) is 25.5 Å². The molecule has 0 saturated carbocycles. The number of aliphatic hydroxyl groups is 1. The Morgan fingerprint density at radius 3 is 2.69 bits per heavy atom. The summed E-state index contributed by atoms with van der Waals surface area (Å²) in [5, 5.41) is 20.9. The van der Waals surface area contributed by atoms with Crippen molar-refractivity contribution in [2.45, 2.75) is 13.0 Å². The molecule has 0 aliphatic carbocycles. The van der Waals surface area contributed by atoms with E-state index in [1.807, 2.05) is 18.2 Å². The van der Waals surface area contributed by atoms with Gasteiger partial charge in [-0.25, -0.2) is 4.39 Å². The molecule has 0 radical (unpaired) electrons. The van der Waals surface area contributed by atoms with E-state index >= 15 is 0 Å². The summed E-state index contributed by atoms with van der Waals surface area (Å²) in [6.45, 7) is 1.68. The van der Waals surface area contributed by atoms with Crippen molar-refractivity contribution in [1.82, 2.24) is 20.2 Å². The molecule has 0 unspecified atom stereocenters. The molecule has 2 aromatic heterocycles. The quantitative estimate of drug-likeness (QED) is 0.433. The molecule has 3 N–H and O–H groups in total. The summed E-state index contributed by atoms with van der Waals surface area (Å²) in [5.41, 5.74) is 1.66. The molecular formula is C20H17ClFN5O2. The monoisotopic (exact) mass is 413 g/mol. The van der Waals surface area contributed by atoms with E-state index in [1.54, 1.807) is 25.1 Å². The number of benzene rings is 2. The van der Waals surface area contributed by atoms with Crippen molar-refractivity contribution in [2.75, 3.05) is 11.9 Å². The highest BCUT2D eigenvalue weighted by Crippen LogP contribution is 2.36. The van der Waals surface area contributed by atoms with Gasteiger partial charge in [0.2, 0.25) is 0 Å². The average Bonchev–Trinajstić information content (AvgIpc) is 3.14. The van der Waals surface area contributed by atoms with Crippen LogP contribution in [-0.2, 0) is 0 Å². The van der Waals surface area contributed by atoms with Gasteiger partial charge in [0.25, 0.3) is 0 Å². The Morgan fingerprint density at radius 1 is 1.17 bits per heavy atom. The largest absolute Gasteiger partial charge is 0.421 e. The van der Waals surface area contributed by atoms with Crippen molar-refractivity contribution in [3.05, 3.63) is 59.4 Å². The summed E-state index contributed by atoms with van der Waals surface area (Å²) < 4.78 is 19.5. The zero-order chi connectivity index (χ0) is 20.4. The molecule has 0 spiro atoms. The van der Waals surface area contributed by atoms with Gasteiger partial charge in [0.05, 0.1) is 17.7 Å². The number of ether oxygens (including phenoxy) is 1. The average molecular weight is 414 g/mol. The first-order valence-electron chi connectivity index (χ1n) is 8.87. The first kappa shape index (κ1) is 19.1. The molecule has 9 heteroatoms. The van der Waals surface area contributed by atoms with Gasteiger partial charge < -0.3 is 15.2 Å². The van der Waals surface area contributed by atoms with Crippen LogP contribution in [0, 0.1) is 5.82 Å². The summed E-state index contributed by atoms with van der Waals surface area (Å²) >= 11 is 6.34. The van der Waals surface area contributed by atoms with Crippen LogP contribution < -0.4 is 10.1 Å². The van der Waals surface area contributed by atoms with Crippen molar-refractivity contribution >= 4 is 28.5 Å². The van der Waals surface area contributed by atoms with Crippen LogP contribution in [0.15, 0.2) is 48.5 Å². The SMILES string of the molecule is C[C@@H](CO)Nc1nc(Oc2ccccc2F)nc2n[nH]c(-c3ccccc3Cl)c12. The summed E-state index contributed by atoms with van der Waals surface area (Å²) in [5.74, 6) is -0.158. The number of para-hydroxylation sites is 1. The van der Waals surface area contributed by atoms with Crippen LogP contribution in [-0.4, -0.2) is 37.9 Å². The molecule has 2 aromatic carbocycles. The lowest BCUT2D eigenvalue weighted by Crippen LogP contribution is -2.20. The van der Waals surface area contributed by atoms with Gasteiger partial charge in [-0.2, -0.15) is 15.1 Å². The second kappa shape index (κ2) is 8.02. The minimum absolute atomic E-state index is 0.00475. The van der Waals surface area contributed by atoms with Gasteiger partial charge in [0, 0.05) is 16.6 Å². The third-order valence-corrected chi connectivity index (χ3v) is 4.56. The minimum Gasteiger partial charge on any atom is -0.421 e. The molecule has 7 nitrogen and oxygen atoms in total. The lowest BCUT2D eigenvalue weighted by molar-refractivity contribution is 0.281. The number of anilines is 1. The van der Waals surface area contributed by atoms with E-state index in [1.165, 1.54) is 12.1 Å². The smallest absolute Gasteiger partial charge is 0.326 e. The highest BCUT2D eigenvalue weighted by molar-refractivity contribution is 6.33. The number of rotatable bonds is 6. The molecule has 0 amide bonds. The normalized spacial score (nSPS) is 12.1. The summed E-state index contributed by atoms with van der Waals surface area (Å²) in [7, 11) is 0. The number of nitrogens with zero attached hydrogens (tertiary/aromatic N) is 3. The van der Waals surface area contributed by atoms with E-state index in [9.17, 15) is 9.50 Å². The summed E-state index contributed by atoms with van der Waals surface area (Å²) in [4.78, 5) is 8.68. The van der Waals surface area contributed by atoms with Crippen LogP contribution in [0.5, 0.6) is 11.8 Å². The molecular weight excluding hydrogens is 397 g/mol. The first-order valence-corrected chi connectivity index (χ1v) is 9.25. The molecule has 0 bridgehead atoms. The molecule has 0 fully saturated rings. The number of hydrogen-bond donors (Lipinski definition) is 3. The second-order valence-electron chi connectivity index (χ2n) is 6.39. The molecule has 2 heterocycles. The van der Waals surface area contributed by atoms with Crippen LogP contribution in [0.4, 0.5) is 10.2 Å². The maximum atomic E-state index is 14.0. The predicted octanol–water partition coefficient (Wildman–Crippen LogP) is 4.40. The predicted molar refractivity (Wildman–Crippen MR) is 109 cm³/mol. The zero-order valence-electron chi connectivity index (χ0n) is 15.4. The lowest BCUT2D eigenvalue weighted by Gasteiger charge is -2.14. The van der Waals surface area contributed by atoms with Crippen molar-refractivity contribution in [3.8, 4) is 23.0 Å². The lowest BCUT2D eigenvalue weighted by atomic mass is 10.1. The number of aromatic amines is 1. The first-order chi connectivity index (χ1) is 14.1. The van der Waals surface area contributed by atoms with Gasteiger partial charge in [-0.15, -0.1) is 0 Å². The topological polar surface area (TPSA) is 95.9 Å². The minimum atomic E-state index is -0.534. The Balaban J connectivity index is 1.85. The van der Waals surface area contributed by atoms with E-state index in [0.29, 0.717) is 27.6 Å². The zero-order valence-corrected chi connectivity index (χ0v) is 16.1. The molecule has 0 aliphatic rings. The maximum absolute atomic E-state index is 14.0. The Labute approximate surface area is 170 Å². The second-order valence-corrected chi connectivity index (χ2v) is 6.80. The Bertz CT molecular complexity index is 1170. The van der Waals surface area contributed by atoms with Gasteiger partial charge in [0.15, 0.2) is 17.2 Å². The molecule has 0 saturated heterocycles. The van der Waals surface area contributed by atoms with E-state index in [-0.39, 0.29) is 24.4 Å². The van der Waals surface area contributed by atoms with E-state index in [4.69, 9.17) is 16.3 Å². The number of hydrogen-bond acceptors (Lipinski definition) is 6. The van der Waals surface area contributed by atoms with Gasteiger partial charge >= 0.3 is 6.01 Å². The Kier molecular flexibility index (Phi) is 5.28. The summed E-state index contributed by atoms with van der Waals surface area (Å²) in [6.07, 6.45) is 0. The molecule has 148 valence electrons. The fourth-order valence-corrected chi connectivity index (χ4v) is 3.05. The standard InChI is InChI=1S/C20H17ClFN5O2/c1-11(10-28)23-18-16-17(12-6-2-3-7-13(12)21)26-27-19(16)25-20(24-18)29-15-9-5-4-8-14(15)22/h2-9,11,28H,10H2,1H3,(H2,23,24,25,26,27)/t11-/m0/s1. The molecule has 29 heavy (non-hydrogen) atoms. The Morgan fingerprint density at radius 2 is 1.93 bits per heavy atom. The van der Waals surface area contributed by atoms with Crippen molar-refractivity contribution in [3.63, 3.8) is 0 Å². The van der Waals surface area contributed by atoms with Gasteiger partial charge in [-0.1, -0.05) is 41.9 Å². The Hall–Kier alpha value is -3.23. The molecule has 0 aliphatic heterocycles. The number of fused-ring (bicyclic) bond motifs is 1. The molecule has 4 aromatic rings. The van der Waals surface area contributed by atoms with Crippen LogP contribution in [0.3, 0.4) is 0 Å². The highest BCUT2D eigenvalue weighted by Gasteiger charge is 2.20. The van der Waals surface area contributed by atoms with Gasteiger partial charge in [-0.3, -0.25) is 5.10 Å². The third-order valence-electron chi connectivity index (χ3n) is 4.23. The third kappa shape index (κ3) is 3.85. The van der Waals surface area contributed by atoms with Crippen molar-refractivity contribution in [1.29, 1.82) is 0 Å². The van der Waals surface area contributed by atoms with Crippen LogP contribution in [0.2, 0.25) is 5.02 Å².